The molecule has 0 spiro atoms. The lowest BCUT2D eigenvalue weighted by molar-refractivity contribution is -0.134. The van der Waals surface area contributed by atoms with Crippen LogP contribution in [0.5, 0.6) is 5.75 Å². The number of carbonyl (C=O) groups is 2. The molecule has 2 aromatic carbocycles. The van der Waals surface area contributed by atoms with Crippen LogP contribution in [0.1, 0.15) is 40.5 Å². The molecule has 2 heterocycles. The Balaban J connectivity index is 1.30. The van der Waals surface area contributed by atoms with Crippen LogP contribution < -0.4 is 9.64 Å². The molecule has 1 N–H and O–H groups in total. The standard InChI is InChI=1S/C25H28N4O3/c1-18-8-6-7-11-23(18)32-17-24(30)29-14-12-19(13-15-29)21-16-22(27-26-21)25(31)28(2)20-9-4-3-5-10-20/h3-11,16,19H,12-15,17H2,1-2H3,(H,26,27). The van der Waals surface area contributed by atoms with Gasteiger partial charge in [0.25, 0.3) is 11.8 Å². The summed E-state index contributed by atoms with van der Waals surface area (Å²) in [6, 6.07) is 19.0. The zero-order valence-electron chi connectivity index (χ0n) is 18.5. The molecule has 0 atom stereocenters. The van der Waals surface area contributed by atoms with E-state index in [-0.39, 0.29) is 24.3 Å². The van der Waals surface area contributed by atoms with E-state index in [0.717, 1.165) is 35.5 Å². The lowest BCUT2D eigenvalue weighted by Crippen LogP contribution is -2.40. The monoisotopic (exact) mass is 432 g/mol. The van der Waals surface area contributed by atoms with Crippen LogP contribution in [0.2, 0.25) is 0 Å². The Bertz CT molecular complexity index is 1070. The Kier molecular flexibility index (Phi) is 6.54. The number of ether oxygens (including phenoxy) is 1. The third-order valence-corrected chi connectivity index (χ3v) is 6.00. The molecule has 2 amide bonds. The number of amides is 2. The number of aryl methyl sites for hydroxylation is 1. The average molecular weight is 433 g/mol. The van der Waals surface area contributed by atoms with Gasteiger partial charge in [-0.15, -0.1) is 0 Å². The summed E-state index contributed by atoms with van der Waals surface area (Å²) in [5, 5.41) is 7.28. The summed E-state index contributed by atoms with van der Waals surface area (Å²) < 4.78 is 5.70. The molecular weight excluding hydrogens is 404 g/mol. The SMILES string of the molecule is Cc1ccccc1OCC(=O)N1CCC(c2cc(C(=O)N(C)c3ccccc3)n[nH]2)CC1. The van der Waals surface area contributed by atoms with Crippen molar-refractivity contribution in [3.8, 4) is 5.75 Å². The first-order valence-electron chi connectivity index (χ1n) is 10.9. The number of para-hydroxylation sites is 2. The number of piperidine rings is 1. The van der Waals surface area contributed by atoms with Crippen LogP contribution in [0.15, 0.2) is 60.7 Å². The van der Waals surface area contributed by atoms with Gasteiger partial charge < -0.3 is 14.5 Å². The number of carbonyl (C=O) groups excluding carboxylic acids is 2. The van der Waals surface area contributed by atoms with Gasteiger partial charge in [0.1, 0.15) is 5.75 Å². The van der Waals surface area contributed by atoms with E-state index < -0.39 is 0 Å². The lowest BCUT2D eigenvalue weighted by Gasteiger charge is -2.31. The molecule has 4 rings (SSSR count). The summed E-state index contributed by atoms with van der Waals surface area (Å²) in [6.45, 7) is 3.33. The normalized spacial score (nSPS) is 14.2. The van der Waals surface area contributed by atoms with E-state index in [9.17, 15) is 9.59 Å². The van der Waals surface area contributed by atoms with E-state index in [2.05, 4.69) is 10.2 Å². The molecule has 0 radical (unpaired) electrons. The second-order valence-corrected chi connectivity index (χ2v) is 8.12. The summed E-state index contributed by atoms with van der Waals surface area (Å²) in [5.41, 5.74) is 3.18. The third-order valence-electron chi connectivity index (χ3n) is 6.00. The van der Waals surface area contributed by atoms with Crippen LogP contribution in [-0.2, 0) is 4.79 Å². The summed E-state index contributed by atoms with van der Waals surface area (Å²) in [6.07, 6.45) is 1.64. The molecule has 0 saturated carbocycles. The summed E-state index contributed by atoms with van der Waals surface area (Å²) >= 11 is 0. The van der Waals surface area contributed by atoms with E-state index in [1.165, 1.54) is 0 Å². The van der Waals surface area contributed by atoms with Crippen molar-refractivity contribution in [1.29, 1.82) is 0 Å². The van der Waals surface area contributed by atoms with Gasteiger partial charge >= 0.3 is 0 Å². The van der Waals surface area contributed by atoms with E-state index in [0.29, 0.717) is 18.8 Å². The van der Waals surface area contributed by atoms with Gasteiger partial charge in [-0.1, -0.05) is 36.4 Å². The zero-order valence-corrected chi connectivity index (χ0v) is 18.5. The molecular formula is C25H28N4O3. The third kappa shape index (κ3) is 4.82. The molecule has 1 aliphatic rings. The van der Waals surface area contributed by atoms with Gasteiger partial charge in [0.15, 0.2) is 12.3 Å². The largest absolute Gasteiger partial charge is 0.484 e. The van der Waals surface area contributed by atoms with Crippen LogP contribution in [-0.4, -0.2) is 53.7 Å². The van der Waals surface area contributed by atoms with Crippen molar-refractivity contribution in [2.45, 2.75) is 25.7 Å². The predicted octanol–water partition coefficient (Wildman–Crippen LogP) is 3.78. The van der Waals surface area contributed by atoms with Crippen molar-refractivity contribution >= 4 is 17.5 Å². The van der Waals surface area contributed by atoms with Gasteiger partial charge in [0.05, 0.1) is 0 Å². The topological polar surface area (TPSA) is 78.5 Å². The molecule has 166 valence electrons. The summed E-state index contributed by atoms with van der Waals surface area (Å²) in [5.74, 6) is 0.828. The number of nitrogens with one attached hydrogen (secondary N) is 1. The molecule has 0 aliphatic carbocycles. The zero-order chi connectivity index (χ0) is 22.5. The number of hydrogen-bond donors (Lipinski definition) is 1. The highest BCUT2D eigenvalue weighted by Gasteiger charge is 2.26. The number of likely N-dealkylation sites (tertiary alicyclic amines) is 1. The van der Waals surface area contributed by atoms with Crippen LogP contribution in [0.4, 0.5) is 5.69 Å². The minimum atomic E-state index is -0.153. The molecule has 1 aromatic heterocycles. The molecule has 3 aromatic rings. The minimum Gasteiger partial charge on any atom is -0.484 e. The molecule has 7 heteroatoms. The van der Waals surface area contributed by atoms with Gasteiger partial charge in [-0.3, -0.25) is 14.7 Å². The van der Waals surface area contributed by atoms with Gasteiger partial charge in [0, 0.05) is 37.4 Å². The second-order valence-electron chi connectivity index (χ2n) is 8.12. The molecule has 1 fully saturated rings. The highest BCUT2D eigenvalue weighted by molar-refractivity contribution is 6.04. The minimum absolute atomic E-state index is 0.00309. The molecule has 32 heavy (non-hydrogen) atoms. The van der Waals surface area contributed by atoms with Gasteiger partial charge in [-0.25, -0.2) is 0 Å². The highest BCUT2D eigenvalue weighted by Crippen LogP contribution is 2.28. The molecule has 1 aliphatic heterocycles. The maximum Gasteiger partial charge on any atom is 0.278 e. The van der Waals surface area contributed by atoms with E-state index in [1.807, 2.05) is 72.5 Å². The van der Waals surface area contributed by atoms with Crippen LogP contribution in [0.3, 0.4) is 0 Å². The van der Waals surface area contributed by atoms with Gasteiger partial charge in [0.2, 0.25) is 0 Å². The Morgan fingerprint density at radius 2 is 1.78 bits per heavy atom. The van der Waals surface area contributed by atoms with Crippen molar-refractivity contribution in [2.24, 2.45) is 0 Å². The summed E-state index contributed by atoms with van der Waals surface area (Å²) in [7, 11) is 1.75. The predicted molar refractivity (Wildman–Crippen MR) is 123 cm³/mol. The number of hydrogen-bond acceptors (Lipinski definition) is 4. The molecule has 1 saturated heterocycles. The van der Waals surface area contributed by atoms with Crippen molar-refractivity contribution in [3.05, 3.63) is 77.6 Å². The fraction of sp³-hybridized carbons (Fsp3) is 0.320. The number of H-pyrrole nitrogens is 1. The maximum absolute atomic E-state index is 12.8. The quantitative estimate of drug-likeness (QED) is 0.643. The van der Waals surface area contributed by atoms with Gasteiger partial charge in [-0.2, -0.15) is 5.10 Å². The van der Waals surface area contributed by atoms with Crippen LogP contribution in [0.25, 0.3) is 0 Å². The number of aromatic amines is 1. The first-order chi connectivity index (χ1) is 15.5. The number of nitrogens with zero attached hydrogens (tertiary/aromatic N) is 3. The Morgan fingerprint density at radius 1 is 1.09 bits per heavy atom. The van der Waals surface area contributed by atoms with E-state index in [4.69, 9.17) is 4.74 Å². The molecule has 7 nitrogen and oxygen atoms in total. The van der Waals surface area contributed by atoms with Crippen molar-refractivity contribution < 1.29 is 14.3 Å². The van der Waals surface area contributed by atoms with E-state index >= 15 is 0 Å². The van der Waals surface area contributed by atoms with Crippen molar-refractivity contribution in [3.63, 3.8) is 0 Å². The molecule has 0 bridgehead atoms. The number of anilines is 1. The lowest BCUT2D eigenvalue weighted by atomic mass is 9.93. The fourth-order valence-electron chi connectivity index (χ4n) is 3.99. The Morgan fingerprint density at radius 3 is 2.50 bits per heavy atom. The summed E-state index contributed by atoms with van der Waals surface area (Å²) in [4.78, 5) is 28.8. The fourth-order valence-corrected chi connectivity index (χ4v) is 3.99. The van der Waals surface area contributed by atoms with Crippen LogP contribution >= 0.6 is 0 Å². The number of rotatable bonds is 6. The molecule has 0 unspecified atom stereocenters. The number of benzene rings is 2. The van der Waals surface area contributed by atoms with Crippen molar-refractivity contribution in [2.75, 3.05) is 31.6 Å². The second kappa shape index (κ2) is 9.68. The van der Waals surface area contributed by atoms with E-state index in [1.54, 1.807) is 11.9 Å². The Labute approximate surface area is 188 Å². The van der Waals surface area contributed by atoms with Gasteiger partial charge in [-0.05, 0) is 49.6 Å². The highest BCUT2D eigenvalue weighted by atomic mass is 16.5. The first kappa shape index (κ1) is 21.6. The average Bonchev–Trinajstić information content (AvgIpc) is 3.33. The maximum atomic E-state index is 12.8. The number of aromatic nitrogens is 2. The smallest absolute Gasteiger partial charge is 0.278 e. The first-order valence-corrected chi connectivity index (χ1v) is 10.9. The Hall–Kier alpha value is -3.61. The van der Waals surface area contributed by atoms with Crippen molar-refractivity contribution in [1.82, 2.24) is 15.1 Å². The van der Waals surface area contributed by atoms with Crippen LogP contribution in [0, 0.1) is 6.92 Å².